The van der Waals surface area contributed by atoms with Gasteiger partial charge in [0.25, 0.3) is 0 Å². The lowest BCUT2D eigenvalue weighted by Gasteiger charge is -2.38. The second-order valence-electron chi connectivity index (χ2n) is 8.73. The first-order valence-corrected chi connectivity index (χ1v) is 10.8. The van der Waals surface area contributed by atoms with Gasteiger partial charge in [-0.25, -0.2) is 0 Å². The molecular weight excluding hydrogens is 336 g/mol. The topological polar surface area (TPSA) is 49.4 Å². The van der Waals surface area contributed by atoms with Crippen LogP contribution in [0.25, 0.3) is 0 Å². The highest BCUT2D eigenvalue weighted by Crippen LogP contribution is 2.34. The fourth-order valence-electron chi connectivity index (χ4n) is 4.71. The molecule has 1 N–H and O–H groups in total. The van der Waals surface area contributed by atoms with Gasteiger partial charge in [-0.3, -0.25) is 9.59 Å². The van der Waals surface area contributed by atoms with Crippen LogP contribution in [0.15, 0.2) is 24.3 Å². The average molecular weight is 369 g/mol. The molecule has 0 radical (unpaired) electrons. The third kappa shape index (κ3) is 4.36. The number of rotatable bonds is 5. The smallest absolute Gasteiger partial charge is 0.225 e. The Morgan fingerprint density at radius 2 is 1.70 bits per heavy atom. The van der Waals surface area contributed by atoms with Gasteiger partial charge in [0, 0.05) is 31.0 Å². The molecule has 4 nitrogen and oxygen atoms in total. The molecule has 2 atom stereocenters. The highest BCUT2D eigenvalue weighted by atomic mass is 16.2. The third-order valence-electron chi connectivity index (χ3n) is 6.62. The Balaban J connectivity index is 1.51. The van der Waals surface area contributed by atoms with Crippen molar-refractivity contribution in [3.8, 4) is 0 Å². The summed E-state index contributed by atoms with van der Waals surface area (Å²) in [5, 5.41) is 3.17. The largest absolute Gasteiger partial charge is 0.353 e. The molecule has 3 fully saturated rings. The minimum absolute atomic E-state index is 0.0828. The van der Waals surface area contributed by atoms with E-state index < -0.39 is 0 Å². The summed E-state index contributed by atoms with van der Waals surface area (Å²) < 4.78 is 0. The molecule has 146 valence electrons. The molecule has 2 aliphatic carbocycles. The van der Waals surface area contributed by atoms with E-state index in [1.165, 1.54) is 11.1 Å². The normalized spacial score (nSPS) is 26.2. The zero-order valence-corrected chi connectivity index (χ0v) is 16.5. The Kier molecular flexibility index (Phi) is 5.51. The van der Waals surface area contributed by atoms with Crippen LogP contribution in [0.2, 0.25) is 0 Å². The van der Waals surface area contributed by atoms with Crippen molar-refractivity contribution in [1.29, 1.82) is 0 Å². The first kappa shape index (κ1) is 18.5. The van der Waals surface area contributed by atoms with E-state index in [9.17, 15) is 9.59 Å². The van der Waals surface area contributed by atoms with Crippen LogP contribution in [0.1, 0.15) is 68.9 Å². The summed E-state index contributed by atoms with van der Waals surface area (Å²) in [6.45, 7) is 3.52. The Hall–Kier alpha value is -1.84. The van der Waals surface area contributed by atoms with Crippen molar-refractivity contribution in [3.05, 3.63) is 35.4 Å². The van der Waals surface area contributed by atoms with Crippen molar-refractivity contribution >= 4 is 11.8 Å². The second kappa shape index (κ2) is 8.04. The Labute approximate surface area is 162 Å². The quantitative estimate of drug-likeness (QED) is 0.862. The lowest BCUT2D eigenvalue weighted by atomic mass is 9.83. The van der Waals surface area contributed by atoms with E-state index in [1.54, 1.807) is 0 Å². The summed E-state index contributed by atoms with van der Waals surface area (Å²) in [5.41, 5.74) is 2.59. The Bertz CT molecular complexity index is 674. The van der Waals surface area contributed by atoms with E-state index in [0.29, 0.717) is 12.6 Å². The van der Waals surface area contributed by atoms with E-state index in [2.05, 4.69) is 36.5 Å². The van der Waals surface area contributed by atoms with E-state index >= 15 is 0 Å². The molecule has 0 aromatic heterocycles. The van der Waals surface area contributed by atoms with Crippen molar-refractivity contribution in [2.45, 2.75) is 70.3 Å². The van der Waals surface area contributed by atoms with Crippen molar-refractivity contribution in [3.63, 3.8) is 0 Å². The van der Waals surface area contributed by atoms with Crippen molar-refractivity contribution in [2.24, 2.45) is 11.8 Å². The molecule has 1 heterocycles. The van der Waals surface area contributed by atoms with Gasteiger partial charge in [-0.1, -0.05) is 44.0 Å². The number of amides is 2. The zero-order valence-electron chi connectivity index (χ0n) is 16.5. The minimum atomic E-state index is -0.0828. The number of hydrogen-bond acceptors (Lipinski definition) is 2. The van der Waals surface area contributed by atoms with Crippen LogP contribution in [0.4, 0.5) is 0 Å². The van der Waals surface area contributed by atoms with Gasteiger partial charge >= 0.3 is 0 Å². The predicted octanol–water partition coefficient (Wildman–Crippen LogP) is 3.65. The molecule has 1 aromatic carbocycles. The number of aryl methyl sites for hydroxylation is 1. The van der Waals surface area contributed by atoms with Gasteiger partial charge in [-0.15, -0.1) is 0 Å². The maximum atomic E-state index is 13.1. The van der Waals surface area contributed by atoms with Gasteiger partial charge in [0.1, 0.15) is 0 Å². The van der Waals surface area contributed by atoms with Crippen LogP contribution in [0.5, 0.6) is 0 Å². The summed E-state index contributed by atoms with van der Waals surface area (Å²) in [5.74, 6) is 0.784. The number of carbonyl (C=O) groups excluding carboxylic acids is 2. The Morgan fingerprint density at radius 3 is 2.33 bits per heavy atom. The molecule has 0 bridgehead atoms. The maximum absolute atomic E-state index is 13.1. The monoisotopic (exact) mass is 368 g/mol. The zero-order chi connectivity index (χ0) is 18.8. The first-order valence-electron chi connectivity index (χ1n) is 10.8. The summed E-state index contributed by atoms with van der Waals surface area (Å²) in [7, 11) is 0. The standard InChI is InChI=1S/C23H32N2O2/c1-2-16-7-9-17(10-8-16)19-13-20(22(26)24-21-11-12-21)15-25(14-19)23(27)18-5-3-4-6-18/h7-10,18-21H,2-6,11-15H2,1H3,(H,24,26). The van der Waals surface area contributed by atoms with Crippen LogP contribution in [-0.2, 0) is 16.0 Å². The van der Waals surface area contributed by atoms with Gasteiger partial charge < -0.3 is 10.2 Å². The summed E-state index contributed by atoms with van der Waals surface area (Å²) in [4.78, 5) is 27.8. The summed E-state index contributed by atoms with van der Waals surface area (Å²) >= 11 is 0. The molecule has 27 heavy (non-hydrogen) atoms. The minimum Gasteiger partial charge on any atom is -0.353 e. The molecule has 0 spiro atoms. The number of hydrogen-bond donors (Lipinski definition) is 1. The number of benzene rings is 1. The molecule has 2 amide bonds. The second-order valence-corrected chi connectivity index (χ2v) is 8.73. The Morgan fingerprint density at radius 1 is 1.00 bits per heavy atom. The van der Waals surface area contributed by atoms with Gasteiger partial charge in [0.15, 0.2) is 0 Å². The van der Waals surface area contributed by atoms with Crippen LogP contribution in [0, 0.1) is 11.8 Å². The van der Waals surface area contributed by atoms with Gasteiger partial charge in [0.05, 0.1) is 5.92 Å². The van der Waals surface area contributed by atoms with E-state index in [0.717, 1.165) is 57.9 Å². The number of carbonyl (C=O) groups is 2. The van der Waals surface area contributed by atoms with E-state index in [4.69, 9.17) is 0 Å². The fraction of sp³-hybridized carbons (Fsp3) is 0.652. The number of likely N-dealkylation sites (tertiary alicyclic amines) is 1. The van der Waals surface area contributed by atoms with Gasteiger partial charge in [-0.2, -0.15) is 0 Å². The summed E-state index contributed by atoms with van der Waals surface area (Å²) in [6, 6.07) is 9.14. The molecular formula is C23H32N2O2. The molecule has 2 unspecified atom stereocenters. The van der Waals surface area contributed by atoms with Crippen molar-refractivity contribution in [1.82, 2.24) is 10.2 Å². The highest BCUT2D eigenvalue weighted by molar-refractivity contribution is 5.83. The summed E-state index contributed by atoms with van der Waals surface area (Å²) in [6.07, 6.45) is 8.45. The number of nitrogens with one attached hydrogen (secondary N) is 1. The predicted molar refractivity (Wildman–Crippen MR) is 106 cm³/mol. The van der Waals surface area contributed by atoms with Crippen LogP contribution in [0.3, 0.4) is 0 Å². The molecule has 1 aliphatic heterocycles. The van der Waals surface area contributed by atoms with Crippen LogP contribution >= 0.6 is 0 Å². The van der Waals surface area contributed by atoms with Crippen molar-refractivity contribution in [2.75, 3.05) is 13.1 Å². The molecule has 4 heteroatoms. The highest BCUT2D eigenvalue weighted by Gasteiger charge is 2.38. The third-order valence-corrected chi connectivity index (χ3v) is 6.62. The molecule has 2 saturated carbocycles. The lowest BCUT2D eigenvalue weighted by Crippen LogP contribution is -2.49. The average Bonchev–Trinajstić information content (AvgIpc) is 3.35. The van der Waals surface area contributed by atoms with E-state index in [-0.39, 0.29) is 29.6 Å². The fourth-order valence-corrected chi connectivity index (χ4v) is 4.71. The molecule has 3 aliphatic rings. The van der Waals surface area contributed by atoms with Crippen LogP contribution < -0.4 is 5.32 Å². The molecule has 1 saturated heterocycles. The lowest BCUT2D eigenvalue weighted by molar-refractivity contribution is -0.139. The van der Waals surface area contributed by atoms with Gasteiger partial charge in [0.2, 0.25) is 11.8 Å². The number of piperidine rings is 1. The van der Waals surface area contributed by atoms with Gasteiger partial charge in [-0.05, 0) is 49.7 Å². The number of nitrogens with zero attached hydrogens (tertiary/aromatic N) is 1. The van der Waals surface area contributed by atoms with E-state index in [1.807, 2.05) is 4.90 Å². The molecule has 1 aromatic rings. The first-order chi connectivity index (χ1) is 13.1. The molecule has 4 rings (SSSR count). The van der Waals surface area contributed by atoms with Crippen LogP contribution in [-0.4, -0.2) is 35.8 Å². The van der Waals surface area contributed by atoms with Crippen molar-refractivity contribution < 1.29 is 9.59 Å². The maximum Gasteiger partial charge on any atom is 0.225 e. The SMILES string of the molecule is CCc1ccc(C2CC(C(=O)NC3CC3)CN(C(=O)C3CCCC3)C2)cc1.